The largest absolute Gasteiger partial charge is 0.472 e. The first kappa shape index (κ1) is 32.5. The van der Waals surface area contributed by atoms with Crippen LogP contribution >= 0.6 is 50.4 Å². The molecule has 3 aliphatic heterocycles. The molecule has 10 unspecified atom stereocenters. The van der Waals surface area contributed by atoms with E-state index in [1.807, 2.05) is 0 Å². The average Bonchev–Trinajstić information content (AvgIpc) is 3.71. The molecule has 0 spiro atoms. The molecule has 19 nitrogen and oxygen atoms in total. The highest BCUT2D eigenvalue weighted by Crippen LogP contribution is 2.54. The Balaban J connectivity index is 1.18. The summed E-state index contributed by atoms with van der Waals surface area (Å²) in [7, 11) is -10.1. The second-order valence-electron chi connectivity index (χ2n) is 10.3. The number of hydrogen-bond acceptors (Lipinski definition) is 14. The molecule has 7 rings (SSSR count). The summed E-state index contributed by atoms with van der Waals surface area (Å²) in [6.07, 6.45) is -10.5. The molecule has 0 aliphatic carbocycles. The fourth-order valence-electron chi connectivity index (χ4n) is 5.47. The van der Waals surface area contributed by atoms with Crippen molar-refractivity contribution in [3.05, 3.63) is 50.5 Å². The lowest BCUT2D eigenvalue weighted by atomic mass is 10.1. The first-order valence-corrected chi connectivity index (χ1v) is 17.3. The van der Waals surface area contributed by atoms with Gasteiger partial charge in [-0.15, -0.1) is 0 Å². The van der Waals surface area contributed by atoms with Crippen LogP contribution in [0.15, 0.2) is 29.6 Å². The first-order valence-electron chi connectivity index (χ1n) is 13.1. The minimum absolute atomic E-state index is 0.00436. The zero-order valence-corrected chi connectivity index (χ0v) is 26.6. The van der Waals surface area contributed by atoms with Crippen molar-refractivity contribution in [2.75, 3.05) is 13.2 Å². The van der Waals surface area contributed by atoms with Crippen molar-refractivity contribution >= 4 is 72.6 Å². The Bertz CT molecular complexity index is 1990. The smallest absolute Gasteiger partial charge is 0.386 e. The molecular formula is C22H21Cl3N6O13P2. The van der Waals surface area contributed by atoms with Crippen molar-refractivity contribution in [2.24, 2.45) is 0 Å². The van der Waals surface area contributed by atoms with Crippen molar-refractivity contribution in [2.45, 2.75) is 49.1 Å². The van der Waals surface area contributed by atoms with Gasteiger partial charge in [-0.1, -0.05) is 23.2 Å². The maximum Gasteiger partial charge on any atom is 0.472 e. The lowest BCUT2D eigenvalue weighted by Crippen LogP contribution is -2.39. The molecule has 0 radical (unpaired) electrons. The number of aromatic amines is 1. The van der Waals surface area contributed by atoms with Gasteiger partial charge in [-0.2, -0.15) is 0 Å². The number of aliphatic hydroxyl groups is 2. The highest BCUT2D eigenvalue weighted by molar-refractivity contribution is 7.47. The van der Waals surface area contributed by atoms with Gasteiger partial charge in [0.15, 0.2) is 23.6 Å². The number of phosphoric acid groups is 2. The molecule has 4 aromatic rings. The van der Waals surface area contributed by atoms with Crippen LogP contribution in [-0.2, 0) is 36.7 Å². The van der Waals surface area contributed by atoms with E-state index in [-0.39, 0.29) is 37.5 Å². The number of hydrogen-bond donors (Lipinski definition) is 5. The number of halogens is 3. The maximum atomic E-state index is 13.1. The van der Waals surface area contributed by atoms with Gasteiger partial charge in [0.25, 0.3) is 5.56 Å². The SMILES string of the molecule is O=c1[nH]cnc2c1ncn2C1OC2COP(=O)(O)OC3C(COP(=O)(O)OC2C1O)OC(n1c(Cl)nc2cc(Cl)c(Cl)cc21)C3O. The van der Waals surface area contributed by atoms with E-state index >= 15 is 0 Å². The third-order valence-electron chi connectivity index (χ3n) is 7.51. The molecule has 3 saturated heterocycles. The second kappa shape index (κ2) is 11.8. The molecule has 0 bridgehead atoms. The number of rotatable bonds is 2. The summed E-state index contributed by atoms with van der Waals surface area (Å²) in [6.45, 7) is -1.67. The number of nitrogens with zero attached hydrogens (tertiary/aromatic N) is 5. The van der Waals surface area contributed by atoms with Gasteiger partial charge in [-0.25, -0.2) is 24.1 Å². The van der Waals surface area contributed by atoms with Crippen LogP contribution in [0.1, 0.15) is 12.5 Å². The van der Waals surface area contributed by atoms with Crippen molar-refractivity contribution < 1.29 is 56.7 Å². The molecule has 1 aromatic carbocycles. The van der Waals surface area contributed by atoms with Gasteiger partial charge in [0.05, 0.1) is 46.9 Å². The summed E-state index contributed by atoms with van der Waals surface area (Å²) >= 11 is 18.6. The van der Waals surface area contributed by atoms with Crippen LogP contribution < -0.4 is 5.56 Å². The number of H-pyrrole nitrogens is 1. The molecule has 248 valence electrons. The Morgan fingerprint density at radius 2 is 1.48 bits per heavy atom. The Kier molecular flexibility index (Phi) is 8.37. The van der Waals surface area contributed by atoms with Gasteiger partial charge in [0.2, 0.25) is 5.28 Å². The summed E-state index contributed by atoms with van der Waals surface area (Å²) < 4.78 is 61.1. The van der Waals surface area contributed by atoms with Crippen molar-refractivity contribution in [3.8, 4) is 0 Å². The van der Waals surface area contributed by atoms with Crippen LogP contribution in [0.5, 0.6) is 0 Å². The molecule has 24 heteroatoms. The van der Waals surface area contributed by atoms with E-state index in [2.05, 4.69) is 19.9 Å². The number of nitrogens with one attached hydrogen (secondary N) is 1. The molecular weight excluding hydrogens is 725 g/mol. The lowest BCUT2D eigenvalue weighted by Gasteiger charge is -2.27. The fourth-order valence-corrected chi connectivity index (χ4v) is 7.99. The van der Waals surface area contributed by atoms with Crippen LogP contribution in [0, 0.1) is 0 Å². The minimum atomic E-state index is -5.07. The van der Waals surface area contributed by atoms with Gasteiger partial charge in [0.1, 0.15) is 36.6 Å². The van der Waals surface area contributed by atoms with Gasteiger partial charge in [-0.05, 0) is 23.7 Å². The molecule has 0 saturated carbocycles. The van der Waals surface area contributed by atoms with E-state index in [1.165, 1.54) is 21.3 Å². The number of imidazole rings is 2. The standard InChI is InChI=1S/C22H21Cl3N6O13P2/c23-7-1-9-10(2-8(7)24)31(22(25)29-9)21-15(33)17-12(42-21)4-40-45(35,36)43-16-11(3-39-46(37,38)44-17)41-20(14(16)32)30-6-28-13-18(30)26-5-27-19(13)34/h1-2,5-6,11-12,14-17,20-21,32-33H,3-4H2,(H,35,36)(H,37,38)(H,26,27,34). The minimum Gasteiger partial charge on any atom is -0.386 e. The number of aromatic nitrogens is 6. The summed E-state index contributed by atoms with van der Waals surface area (Å²) in [5.74, 6) is 0. The Labute approximate surface area is 270 Å². The summed E-state index contributed by atoms with van der Waals surface area (Å²) in [5, 5.41) is 22.5. The molecule has 46 heavy (non-hydrogen) atoms. The lowest BCUT2D eigenvalue weighted by molar-refractivity contribution is -0.0663. The van der Waals surface area contributed by atoms with E-state index in [1.54, 1.807) is 0 Å². The molecule has 5 N–H and O–H groups in total. The second-order valence-corrected chi connectivity index (χ2v) is 14.3. The number of fused-ring (bicyclic) bond motifs is 4. The number of aliphatic hydroxyl groups excluding tert-OH is 2. The third-order valence-corrected chi connectivity index (χ3v) is 10.5. The Morgan fingerprint density at radius 3 is 2.13 bits per heavy atom. The topological polar surface area (TPSA) is 252 Å². The van der Waals surface area contributed by atoms with Crippen molar-refractivity contribution in [1.29, 1.82) is 0 Å². The van der Waals surface area contributed by atoms with Crippen LogP contribution in [0.25, 0.3) is 22.2 Å². The summed E-state index contributed by atoms with van der Waals surface area (Å²) in [5.41, 5.74) is -0.137. The number of benzene rings is 1. The van der Waals surface area contributed by atoms with E-state index in [0.717, 1.165) is 12.7 Å². The predicted octanol–water partition coefficient (Wildman–Crippen LogP) is 1.66. The highest BCUT2D eigenvalue weighted by atomic mass is 35.5. The van der Waals surface area contributed by atoms with Gasteiger partial charge in [0, 0.05) is 0 Å². The molecule has 3 aromatic heterocycles. The zero-order valence-electron chi connectivity index (χ0n) is 22.6. The number of phosphoric ester groups is 2. The monoisotopic (exact) mass is 744 g/mol. The average molecular weight is 746 g/mol. The molecule has 3 fully saturated rings. The quantitative estimate of drug-likeness (QED) is 0.183. The molecule has 0 amide bonds. The van der Waals surface area contributed by atoms with Crippen LogP contribution in [0.4, 0.5) is 0 Å². The maximum absolute atomic E-state index is 13.1. The number of ether oxygens (including phenoxy) is 2. The molecule has 6 heterocycles. The van der Waals surface area contributed by atoms with Gasteiger partial charge >= 0.3 is 15.6 Å². The van der Waals surface area contributed by atoms with Crippen molar-refractivity contribution in [3.63, 3.8) is 0 Å². The molecule has 10 atom stereocenters. The van der Waals surface area contributed by atoms with Crippen LogP contribution in [0.3, 0.4) is 0 Å². The predicted molar refractivity (Wildman–Crippen MR) is 154 cm³/mol. The molecule has 3 aliphatic rings. The summed E-state index contributed by atoms with van der Waals surface area (Å²) in [4.78, 5) is 47.8. The third kappa shape index (κ3) is 5.72. The Morgan fingerprint density at radius 1 is 0.891 bits per heavy atom. The van der Waals surface area contributed by atoms with Crippen LogP contribution in [-0.4, -0.2) is 98.9 Å². The van der Waals surface area contributed by atoms with Gasteiger partial charge < -0.3 is 34.5 Å². The highest BCUT2D eigenvalue weighted by Gasteiger charge is 2.54. The fraction of sp³-hybridized carbons (Fsp3) is 0.455. The zero-order chi connectivity index (χ0) is 32.7. The van der Waals surface area contributed by atoms with Crippen LogP contribution in [0.2, 0.25) is 15.3 Å². The van der Waals surface area contributed by atoms with E-state index in [4.69, 9.17) is 62.4 Å². The summed E-state index contributed by atoms with van der Waals surface area (Å²) in [6, 6.07) is 2.83. The Hall–Kier alpha value is -2.03. The van der Waals surface area contributed by atoms with Crippen molar-refractivity contribution in [1.82, 2.24) is 29.1 Å². The van der Waals surface area contributed by atoms with E-state index < -0.39 is 83.5 Å². The normalized spacial score (nSPS) is 37.2. The first-order chi connectivity index (χ1) is 21.7. The van der Waals surface area contributed by atoms with Gasteiger partial charge in [-0.3, -0.25) is 32.0 Å². The van der Waals surface area contributed by atoms with E-state index in [9.17, 15) is 33.9 Å². The van der Waals surface area contributed by atoms with E-state index in [0.29, 0.717) is 0 Å².